The van der Waals surface area contributed by atoms with Gasteiger partial charge >= 0.3 is 0 Å². The van der Waals surface area contributed by atoms with E-state index in [1.807, 2.05) is 0 Å². The first-order valence-corrected chi connectivity index (χ1v) is 5.81. The molecule has 0 aliphatic heterocycles. The standard InChI is InChI=1S/C12H18O/c1-7-5-8-6-11(12(7)13)10-4-2-3-9(8)10/h7-11H,2-6H2,1H3/t7-,8-,9+,10+,11+/m0/s1. The molecule has 0 heterocycles. The molecule has 3 aliphatic carbocycles. The van der Waals surface area contributed by atoms with E-state index in [1.165, 1.54) is 32.1 Å². The topological polar surface area (TPSA) is 17.1 Å². The van der Waals surface area contributed by atoms with Crippen LogP contribution in [0.15, 0.2) is 0 Å². The van der Waals surface area contributed by atoms with Crippen molar-refractivity contribution < 1.29 is 4.79 Å². The number of Topliss-reactive ketones (excluding diaryl/α,β-unsaturated/α-hetero) is 1. The summed E-state index contributed by atoms with van der Waals surface area (Å²) in [5, 5.41) is 0. The molecule has 0 radical (unpaired) electrons. The molecule has 3 fully saturated rings. The Morgan fingerprint density at radius 2 is 1.92 bits per heavy atom. The molecule has 3 aliphatic rings. The molecule has 1 heteroatoms. The normalized spacial score (nSPS) is 53.9. The van der Waals surface area contributed by atoms with E-state index in [1.54, 1.807) is 0 Å². The third-order valence-corrected chi connectivity index (χ3v) is 4.81. The summed E-state index contributed by atoms with van der Waals surface area (Å²) >= 11 is 0. The van der Waals surface area contributed by atoms with E-state index in [9.17, 15) is 4.79 Å². The van der Waals surface area contributed by atoms with Gasteiger partial charge in [-0.2, -0.15) is 0 Å². The average Bonchev–Trinajstić information content (AvgIpc) is 2.64. The van der Waals surface area contributed by atoms with Crippen molar-refractivity contribution >= 4 is 5.78 Å². The van der Waals surface area contributed by atoms with Crippen molar-refractivity contribution in [2.45, 2.75) is 39.0 Å². The zero-order valence-corrected chi connectivity index (χ0v) is 8.33. The highest BCUT2D eigenvalue weighted by Gasteiger charge is 2.52. The zero-order chi connectivity index (χ0) is 9.00. The highest BCUT2D eigenvalue weighted by atomic mass is 16.1. The van der Waals surface area contributed by atoms with E-state index in [0.717, 1.165) is 17.8 Å². The summed E-state index contributed by atoms with van der Waals surface area (Å²) in [6, 6.07) is 0. The second-order valence-corrected chi connectivity index (χ2v) is 5.40. The van der Waals surface area contributed by atoms with E-state index in [-0.39, 0.29) is 0 Å². The molecule has 3 saturated carbocycles. The van der Waals surface area contributed by atoms with Gasteiger partial charge in [0.1, 0.15) is 5.78 Å². The Balaban J connectivity index is 1.93. The van der Waals surface area contributed by atoms with Crippen LogP contribution in [-0.2, 0) is 4.79 Å². The lowest BCUT2D eigenvalue weighted by molar-refractivity contribution is -0.129. The van der Waals surface area contributed by atoms with Gasteiger partial charge in [-0.15, -0.1) is 0 Å². The predicted octanol–water partition coefficient (Wildman–Crippen LogP) is 2.65. The first kappa shape index (κ1) is 8.02. The highest BCUT2D eigenvalue weighted by molar-refractivity contribution is 5.84. The first-order chi connectivity index (χ1) is 6.27. The Labute approximate surface area is 79.9 Å². The monoisotopic (exact) mass is 178 g/mol. The first-order valence-electron chi connectivity index (χ1n) is 5.81. The van der Waals surface area contributed by atoms with E-state index >= 15 is 0 Å². The summed E-state index contributed by atoms with van der Waals surface area (Å²) in [7, 11) is 0. The van der Waals surface area contributed by atoms with Gasteiger partial charge in [0.25, 0.3) is 0 Å². The second kappa shape index (κ2) is 2.59. The number of hydrogen-bond acceptors (Lipinski definition) is 1. The molecule has 0 aromatic carbocycles. The largest absolute Gasteiger partial charge is 0.299 e. The molecule has 0 amide bonds. The Hall–Kier alpha value is -0.330. The van der Waals surface area contributed by atoms with Gasteiger partial charge in [-0.1, -0.05) is 13.3 Å². The lowest BCUT2D eigenvalue weighted by atomic mass is 9.78. The smallest absolute Gasteiger partial charge is 0.139 e. The minimum absolute atomic E-state index is 0.384. The van der Waals surface area contributed by atoms with Crippen LogP contribution in [0.5, 0.6) is 0 Å². The highest BCUT2D eigenvalue weighted by Crippen LogP contribution is 2.56. The quantitative estimate of drug-likeness (QED) is 0.557. The summed E-state index contributed by atoms with van der Waals surface area (Å²) < 4.78 is 0. The van der Waals surface area contributed by atoms with Crippen LogP contribution >= 0.6 is 0 Å². The van der Waals surface area contributed by atoms with Gasteiger partial charge in [0, 0.05) is 11.8 Å². The maximum atomic E-state index is 11.9. The van der Waals surface area contributed by atoms with Gasteiger partial charge in [0.05, 0.1) is 0 Å². The summed E-state index contributed by atoms with van der Waals surface area (Å²) in [5.41, 5.74) is 0. The summed E-state index contributed by atoms with van der Waals surface area (Å²) in [5.74, 6) is 4.15. The molecule has 3 rings (SSSR count). The van der Waals surface area contributed by atoms with E-state index in [0.29, 0.717) is 17.6 Å². The van der Waals surface area contributed by atoms with Crippen molar-refractivity contribution in [3.05, 3.63) is 0 Å². The number of rotatable bonds is 0. The van der Waals surface area contributed by atoms with E-state index in [4.69, 9.17) is 0 Å². The van der Waals surface area contributed by atoms with Crippen LogP contribution < -0.4 is 0 Å². The number of carbonyl (C=O) groups is 1. The molecular formula is C12H18O. The summed E-state index contributed by atoms with van der Waals surface area (Å²) in [6.45, 7) is 2.14. The molecule has 1 nitrogen and oxygen atoms in total. The fraction of sp³-hybridized carbons (Fsp3) is 0.917. The van der Waals surface area contributed by atoms with Crippen LogP contribution in [0.3, 0.4) is 0 Å². The molecule has 0 saturated heterocycles. The van der Waals surface area contributed by atoms with Crippen LogP contribution in [0.2, 0.25) is 0 Å². The van der Waals surface area contributed by atoms with Crippen LogP contribution in [0.25, 0.3) is 0 Å². The lowest BCUT2D eigenvalue weighted by Crippen LogP contribution is -2.28. The molecule has 5 atom stereocenters. The van der Waals surface area contributed by atoms with Crippen molar-refractivity contribution in [3.63, 3.8) is 0 Å². The predicted molar refractivity (Wildman–Crippen MR) is 51.2 cm³/mol. The Kier molecular flexibility index (Phi) is 1.59. The molecular weight excluding hydrogens is 160 g/mol. The van der Waals surface area contributed by atoms with Gasteiger partial charge in [-0.3, -0.25) is 4.79 Å². The molecule has 0 unspecified atom stereocenters. The second-order valence-electron chi connectivity index (χ2n) is 5.40. The van der Waals surface area contributed by atoms with Gasteiger partial charge in [-0.25, -0.2) is 0 Å². The van der Waals surface area contributed by atoms with Crippen molar-refractivity contribution in [1.82, 2.24) is 0 Å². The maximum Gasteiger partial charge on any atom is 0.139 e. The summed E-state index contributed by atoms with van der Waals surface area (Å²) in [6.07, 6.45) is 6.62. The fourth-order valence-electron chi connectivity index (χ4n) is 4.31. The van der Waals surface area contributed by atoms with E-state index in [2.05, 4.69) is 6.92 Å². The molecule has 0 N–H and O–H groups in total. The van der Waals surface area contributed by atoms with Crippen LogP contribution in [0.4, 0.5) is 0 Å². The minimum Gasteiger partial charge on any atom is -0.299 e. The third kappa shape index (κ3) is 0.963. The molecule has 2 bridgehead atoms. The van der Waals surface area contributed by atoms with Crippen molar-refractivity contribution in [2.24, 2.45) is 29.6 Å². The fourth-order valence-corrected chi connectivity index (χ4v) is 4.31. The van der Waals surface area contributed by atoms with Gasteiger partial charge < -0.3 is 0 Å². The maximum absolute atomic E-state index is 11.9. The van der Waals surface area contributed by atoms with Gasteiger partial charge in [-0.05, 0) is 43.4 Å². The van der Waals surface area contributed by atoms with Crippen molar-refractivity contribution in [3.8, 4) is 0 Å². The van der Waals surface area contributed by atoms with Crippen LogP contribution in [0, 0.1) is 29.6 Å². The molecule has 0 aromatic heterocycles. The minimum atomic E-state index is 0.384. The van der Waals surface area contributed by atoms with E-state index < -0.39 is 0 Å². The lowest BCUT2D eigenvalue weighted by Gasteiger charge is -2.25. The number of hydrogen-bond donors (Lipinski definition) is 0. The van der Waals surface area contributed by atoms with Gasteiger partial charge in [0.2, 0.25) is 0 Å². The third-order valence-electron chi connectivity index (χ3n) is 4.81. The number of carbonyl (C=O) groups excluding carboxylic acids is 1. The zero-order valence-electron chi connectivity index (χ0n) is 8.33. The van der Waals surface area contributed by atoms with Crippen molar-refractivity contribution in [1.29, 1.82) is 0 Å². The van der Waals surface area contributed by atoms with Crippen molar-refractivity contribution in [2.75, 3.05) is 0 Å². The number of ketones is 1. The molecule has 72 valence electrons. The van der Waals surface area contributed by atoms with Gasteiger partial charge in [0.15, 0.2) is 0 Å². The van der Waals surface area contributed by atoms with Crippen LogP contribution in [-0.4, -0.2) is 5.78 Å². The Bertz CT molecular complexity index is 244. The Morgan fingerprint density at radius 1 is 1.15 bits per heavy atom. The van der Waals surface area contributed by atoms with Crippen LogP contribution in [0.1, 0.15) is 39.0 Å². The molecule has 13 heavy (non-hydrogen) atoms. The molecule has 0 spiro atoms. The average molecular weight is 178 g/mol. The molecule has 0 aromatic rings. The summed E-state index contributed by atoms with van der Waals surface area (Å²) in [4.78, 5) is 11.9. The number of fused-ring (bicyclic) bond motifs is 5. The SMILES string of the molecule is C[C@H]1C[C@H]2C[C@@H](C1=O)[C@@H]1CCC[C@H]21. The Morgan fingerprint density at radius 3 is 2.77 bits per heavy atom.